The summed E-state index contributed by atoms with van der Waals surface area (Å²) >= 11 is 0. The van der Waals surface area contributed by atoms with Crippen molar-refractivity contribution in [3.05, 3.63) is 33.9 Å². The van der Waals surface area contributed by atoms with Crippen molar-refractivity contribution < 1.29 is 19.6 Å². The second kappa shape index (κ2) is 5.23. The van der Waals surface area contributed by atoms with Crippen molar-refractivity contribution in [2.75, 3.05) is 24.7 Å². The van der Waals surface area contributed by atoms with Crippen LogP contribution < -0.4 is 4.90 Å². The van der Waals surface area contributed by atoms with Crippen molar-refractivity contribution in [1.82, 2.24) is 0 Å². The lowest BCUT2D eigenvalue weighted by Gasteiger charge is -2.35. The normalized spacial score (nSPS) is 19.2. The molecule has 0 aliphatic carbocycles. The fourth-order valence-corrected chi connectivity index (χ4v) is 2.14. The van der Waals surface area contributed by atoms with Gasteiger partial charge in [0.25, 0.3) is 5.69 Å². The molecule has 1 aromatic rings. The van der Waals surface area contributed by atoms with Crippen LogP contribution in [0.4, 0.5) is 11.4 Å². The fraction of sp³-hybridized carbons (Fsp3) is 0.417. The van der Waals surface area contributed by atoms with Gasteiger partial charge in [-0.3, -0.25) is 10.1 Å². The van der Waals surface area contributed by atoms with Crippen LogP contribution in [0.1, 0.15) is 17.3 Å². The summed E-state index contributed by atoms with van der Waals surface area (Å²) in [5.74, 6) is -1.17. The zero-order valence-electron chi connectivity index (χ0n) is 10.4. The van der Waals surface area contributed by atoms with Crippen LogP contribution in [-0.4, -0.2) is 41.8 Å². The average molecular weight is 266 g/mol. The second-order valence-electron chi connectivity index (χ2n) is 4.38. The molecule has 1 heterocycles. The molecule has 0 saturated carbocycles. The molecule has 1 aliphatic rings. The van der Waals surface area contributed by atoms with Crippen molar-refractivity contribution in [3.63, 3.8) is 0 Å². The van der Waals surface area contributed by atoms with Crippen molar-refractivity contribution in [3.8, 4) is 0 Å². The summed E-state index contributed by atoms with van der Waals surface area (Å²) < 4.78 is 5.30. The van der Waals surface area contributed by atoms with E-state index in [9.17, 15) is 20.0 Å². The number of rotatable bonds is 3. The number of nitro benzene ring substituents is 1. The summed E-state index contributed by atoms with van der Waals surface area (Å²) in [6.45, 7) is 3.52. The van der Waals surface area contributed by atoms with E-state index in [-0.39, 0.29) is 17.3 Å². The van der Waals surface area contributed by atoms with Crippen LogP contribution in [-0.2, 0) is 4.74 Å². The van der Waals surface area contributed by atoms with E-state index >= 15 is 0 Å². The van der Waals surface area contributed by atoms with E-state index in [2.05, 4.69) is 0 Å². The molecule has 0 radical (unpaired) electrons. The Morgan fingerprint density at radius 1 is 1.58 bits per heavy atom. The Hall–Kier alpha value is -2.15. The fourth-order valence-electron chi connectivity index (χ4n) is 2.14. The minimum absolute atomic E-state index is 0.0355. The third-order valence-corrected chi connectivity index (χ3v) is 3.10. The first-order valence-corrected chi connectivity index (χ1v) is 5.87. The van der Waals surface area contributed by atoms with Crippen molar-refractivity contribution in [2.24, 2.45) is 0 Å². The molecule has 1 saturated heterocycles. The van der Waals surface area contributed by atoms with E-state index in [0.29, 0.717) is 25.4 Å². The smallest absolute Gasteiger partial charge is 0.338 e. The summed E-state index contributed by atoms with van der Waals surface area (Å²) in [5, 5.41) is 19.9. The Morgan fingerprint density at radius 2 is 2.32 bits per heavy atom. The number of non-ortho nitro benzene ring substituents is 1. The third kappa shape index (κ3) is 2.65. The van der Waals surface area contributed by atoms with Crippen LogP contribution >= 0.6 is 0 Å². The third-order valence-electron chi connectivity index (χ3n) is 3.10. The van der Waals surface area contributed by atoms with Gasteiger partial charge in [-0.05, 0) is 13.0 Å². The Bertz CT molecular complexity index is 517. The van der Waals surface area contributed by atoms with Gasteiger partial charge in [-0.15, -0.1) is 0 Å². The molecule has 1 fully saturated rings. The number of nitrogens with zero attached hydrogens (tertiary/aromatic N) is 2. The predicted octanol–water partition coefficient (Wildman–Crippen LogP) is 1.52. The number of aromatic carboxylic acids is 1. The van der Waals surface area contributed by atoms with Gasteiger partial charge in [-0.1, -0.05) is 0 Å². The maximum Gasteiger partial charge on any atom is 0.338 e. The van der Waals surface area contributed by atoms with Crippen molar-refractivity contribution in [2.45, 2.75) is 13.0 Å². The minimum Gasteiger partial charge on any atom is -0.478 e. The topological polar surface area (TPSA) is 92.9 Å². The Kier molecular flexibility index (Phi) is 3.66. The number of hydrogen-bond acceptors (Lipinski definition) is 5. The summed E-state index contributed by atoms with van der Waals surface area (Å²) in [6, 6.07) is 3.95. The molecule has 0 spiro atoms. The highest BCUT2D eigenvalue weighted by atomic mass is 16.6. The van der Waals surface area contributed by atoms with E-state index in [1.807, 2.05) is 11.8 Å². The SMILES string of the molecule is CC1COCCN1c1ccc([N+](=O)[O-])cc1C(=O)O. The summed E-state index contributed by atoms with van der Waals surface area (Å²) in [4.78, 5) is 23.3. The van der Waals surface area contributed by atoms with Crippen LogP contribution in [0, 0.1) is 10.1 Å². The van der Waals surface area contributed by atoms with Crippen molar-refractivity contribution >= 4 is 17.3 Å². The highest BCUT2D eigenvalue weighted by Gasteiger charge is 2.25. The van der Waals surface area contributed by atoms with Crippen molar-refractivity contribution in [1.29, 1.82) is 0 Å². The molecule has 1 atom stereocenters. The van der Waals surface area contributed by atoms with Crippen LogP contribution in [0.2, 0.25) is 0 Å². The number of benzene rings is 1. The van der Waals surface area contributed by atoms with Gasteiger partial charge < -0.3 is 14.7 Å². The molecule has 2 rings (SSSR count). The molecule has 7 nitrogen and oxygen atoms in total. The predicted molar refractivity (Wildman–Crippen MR) is 67.7 cm³/mol. The lowest BCUT2D eigenvalue weighted by atomic mass is 10.1. The molecule has 0 amide bonds. The van der Waals surface area contributed by atoms with E-state index in [1.54, 1.807) is 0 Å². The molecule has 1 aliphatic heterocycles. The van der Waals surface area contributed by atoms with Gasteiger partial charge in [0, 0.05) is 24.7 Å². The van der Waals surface area contributed by atoms with E-state index in [1.165, 1.54) is 12.1 Å². The number of morpholine rings is 1. The van der Waals surface area contributed by atoms with E-state index in [4.69, 9.17) is 4.74 Å². The quantitative estimate of drug-likeness (QED) is 0.658. The number of ether oxygens (including phenoxy) is 1. The first-order valence-electron chi connectivity index (χ1n) is 5.87. The molecule has 7 heteroatoms. The Labute approximate surface area is 109 Å². The van der Waals surface area contributed by atoms with Crippen LogP contribution in [0.3, 0.4) is 0 Å². The second-order valence-corrected chi connectivity index (χ2v) is 4.38. The molecule has 1 aromatic carbocycles. The molecule has 0 bridgehead atoms. The first kappa shape index (κ1) is 13.3. The van der Waals surface area contributed by atoms with Crippen LogP contribution in [0.5, 0.6) is 0 Å². The van der Waals surface area contributed by atoms with Crippen LogP contribution in [0.15, 0.2) is 18.2 Å². The number of hydrogen-bond donors (Lipinski definition) is 1. The molecule has 19 heavy (non-hydrogen) atoms. The number of carboxylic acid groups (broad SMARTS) is 1. The van der Waals surface area contributed by atoms with Gasteiger partial charge in [-0.25, -0.2) is 4.79 Å². The minimum atomic E-state index is -1.17. The Morgan fingerprint density at radius 3 is 2.89 bits per heavy atom. The number of carbonyl (C=O) groups is 1. The van der Waals surface area contributed by atoms with Crippen LogP contribution in [0.25, 0.3) is 0 Å². The summed E-state index contributed by atoms with van der Waals surface area (Å²) in [7, 11) is 0. The van der Waals surface area contributed by atoms with Gasteiger partial charge in [0.05, 0.1) is 29.4 Å². The van der Waals surface area contributed by atoms with E-state index in [0.717, 1.165) is 6.07 Å². The maximum atomic E-state index is 11.3. The molecular weight excluding hydrogens is 252 g/mol. The zero-order chi connectivity index (χ0) is 14.0. The lowest BCUT2D eigenvalue weighted by molar-refractivity contribution is -0.384. The molecule has 0 aromatic heterocycles. The largest absolute Gasteiger partial charge is 0.478 e. The average Bonchev–Trinajstić information content (AvgIpc) is 2.38. The highest BCUT2D eigenvalue weighted by molar-refractivity contribution is 5.95. The molecule has 102 valence electrons. The lowest BCUT2D eigenvalue weighted by Crippen LogP contribution is -2.44. The first-order chi connectivity index (χ1) is 9.00. The highest BCUT2D eigenvalue weighted by Crippen LogP contribution is 2.28. The number of anilines is 1. The van der Waals surface area contributed by atoms with E-state index < -0.39 is 10.9 Å². The standard InChI is InChI=1S/C12H14N2O5/c1-8-7-19-5-4-13(8)11-3-2-9(14(17)18)6-10(11)12(15)16/h2-3,6,8H,4-5,7H2,1H3,(H,15,16). The molecule has 1 N–H and O–H groups in total. The summed E-state index contributed by atoms with van der Waals surface area (Å²) in [6.07, 6.45) is 0. The summed E-state index contributed by atoms with van der Waals surface area (Å²) in [5.41, 5.74) is 0.221. The van der Waals surface area contributed by atoms with Gasteiger partial charge in [0.1, 0.15) is 0 Å². The molecular formula is C12H14N2O5. The van der Waals surface area contributed by atoms with Gasteiger partial charge in [0.15, 0.2) is 0 Å². The Balaban J connectivity index is 2.44. The van der Waals surface area contributed by atoms with Gasteiger partial charge in [-0.2, -0.15) is 0 Å². The monoisotopic (exact) mass is 266 g/mol. The van der Waals surface area contributed by atoms with Gasteiger partial charge in [0.2, 0.25) is 0 Å². The zero-order valence-corrected chi connectivity index (χ0v) is 10.4. The van der Waals surface area contributed by atoms with Gasteiger partial charge >= 0.3 is 5.97 Å². The molecule has 1 unspecified atom stereocenters. The maximum absolute atomic E-state index is 11.3. The number of carboxylic acids is 1. The number of nitro groups is 1.